The van der Waals surface area contributed by atoms with Crippen molar-refractivity contribution >= 4 is 23.5 Å². The van der Waals surface area contributed by atoms with Crippen LogP contribution in [0.5, 0.6) is 0 Å². The Hall–Kier alpha value is 0.700. The molecule has 0 aromatic rings. The lowest BCUT2D eigenvalue weighted by atomic mass is 10.6. The predicted octanol–water partition coefficient (Wildman–Crippen LogP) is 2.20. The van der Waals surface area contributed by atoms with Gasteiger partial charge < -0.3 is 0 Å². The lowest BCUT2D eigenvalue weighted by Gasteiger charge is -1.95. The summed E-state index contributed by atoms with van der Waals surface area (Å²) in [5.74, 6) is 1.35. The molecular weight excluding hydrogens is 124 g/mol. The molecule has 2 atom stereocenters. The van der Waals surface area contributed by atoms with E-state index in [9.17, 15) is 0 Å². The van der Waals surface area contributed by atoms with E-state index in [0.29, 0.717) is 0 Å². The average Bonchev–Trinajstić information content (AvgIpc) is 1.87. The predicted molar refractivity (Wildman–Crippen MR) is 39.0 cm³/mol. The molecule has 0 aromatic carbocycles. The van der Waals surface area contributed by atoms with Crippen LogP contribution in [0.15, 0.2) is 0 Å². The maximum Gasteiger partial charge on any atom is 0.0477 e. The van der Waals surface area contributed by atoms with Crippen LogP contribution in [-0.2, 0) is 0 Å². The molecule has 0 aliphatic carbocycles. The van der Waals surface area contributed by atoms with E-state index >= 15 is 0 Å². The van der Waals surface area contributed by atoms with Gasteiger partial charge in [0.25, 0.3) is 0 Å². The molecule has 1 heterocycles. The Bertz CT molecular complexity index is 55.1. The molecule has 0 aromatic heterocycles. The van der Waals surface area contributed by atoms with E-state index < -0.39 is 0 Å². The van der Waals surface area contributed by atoms with E-state index in [2.05, 4.69) is 37.4 Å². The third-order valence-electron chi connectivity index (χ3n) is 0.990. The summed E-state index contributed by atoms with van der Waals surface area (Å²) in [6.07, 6.45) is 0. The number of thioether (sulfide) groups is 2. The van der Waals surface area contributed by atoms with Gasteiger partial charge in [-0.2, -0.15) is 0 Å². The Morgan fingerprint density at radius 2 is 2.14 bits per heavy atom. The fraction of sp³-hybridized carbons (Fsp3) is 1.00. The Labute approximate surface area is 53.4 Å². The largest absolute Gasteiger partial charge is 0.147 e. The van der Waals surface area contributed by atoms with Crippen LogP contribution in [0.3, 0.4) is 0 Å². The molecule has 1 saturated heterocycles. The van der Waals surface area contributed by atoms with E-state index in [1.165, 1.54) is 5.75 Å². The zero-order chi connectivity index (χ0) is 5.28. The third-order valence-corrected chi connectivity index (χ3v) is 4.12. The van der Waals surface area contributed by atoms with Gasteiger partial charge in [0.2, 0.25) is 0 Å². The summed E-state index contributed by atoms with van der Waals surface area (Å²) in [4.78, 5) is 0. The standard InChI is InChI=1S/C5H10S2/c1-4-3-6-5(2)7-4/h4-5H,3H2,1-2H3/t4?,5-/m0/s1. The summed E-state index contributed by atoms with van der Waals surface area (Å²) in [6.45, 7) is 4.57. The number of hydrogen-bond donors (Lipinski definition) is 0. The highest BCUT2D eigenvalue weighted by Gasteiger charge is 2.17. The molecule has 0 amide bonds. The van der Waals surface area contributed by atoms with Crippen LogP contribution in [-0.4, -0.2) is 15.6 Å². The van der Waals surface area contributed by atoms with Crippen molar-refractivity contribution in [3.05, 3.63) is 0 Å². The van der Waals surface area contributed by atoms with Crippen LogP contribution in [0.4, 0.5) is 0 Å². The molecule has 2 heteroatoms. The molecule has 1 unspecified atom stereocenters. The van der Waals surface area contributed by atoms with E-state index in [0.717, 1.165) is 9.83 Å². The number of rotatable bonds is 0. The molecular formula is C5H10S2. The Morgan fingerprint density at radius 1 is 1.43 bits per heavy atom. The van der Waals surface area contributed by atoms with Crippen molar-refractivity contribution in [2.45, 2.75) is 23.7 Å². The maximum atomic E-state index is 2.29. The normalized spacial score (nSPS) is 42.0. The Balaban J connectivity index is 2.26. The average molecular weight is 134 g/mol. The third kappa shape index (κ3) is 1.57. The molecule has 1 aliphatic heterocycles. The second kappa shape index (κ2) is 2.31. The summed E-state index contributed by atoms with van der Waals surface area (Å²) in [5, 5.41) is 0.903. The SMILES string of the molecule is CC1CS[C@H](C)S1. The highest BCUT2D eigenvalue weighted by molar-refractivity contribution is 8.20. The molecule has 42 valence electrons. The minimum atomic E-state index is 0.856. The minimum absolute atomic E-state index is 0.856. The van der Waals surface area contributed by atoms with Crippen LogP contribution in [0.2, 0.25) is 0 Å². The van der Waals surface area contributed by atoms with Gasteiger partial charge in [-0.3, -0.25) is 0 Å². The van der Waals surface area contributed by atoms with Gasteiger partial charge in [0, 0.05) is 15.6 Å². The fourth-order valence-corrected chi connectivity index (χ4v) is 3.54. The minimum Gasteiger partial charge on any atom is -0.147 e. The van der Waals surface area contributed by atoms with Crippen LogP contribution < -0.4 is 0 Å². The highest BCUT2D eigenvalue weighted by Crippen LogP contribution is 2.36. The van der Waals surface area contributed by atoms with Crippen molar-refractivity contribution in [3.8, 4) is 0 Å². The van der Waals surface area contributed by atoms with Crippen LogP contribution in [0, 0.1) is 0 Å². The van der Waals surface area contributed by atoms with E-state index in [-0.39, 0.29) is 0 Å². The first-order valence-electron chi connectivity index (χ1n) is 2.56. The quantitative estimate of drug-likeness (QED) is 0.498. The van der Waals surface area contributed by atoms with Crippen molar-refractivity contribution in [3.63, 3.8) is 0 Å². The van der Waals surface area contributed by atoms with E-state index in [1.807, 2.05) is 0 Å². The second-order valence-electron chi connectivity index (χ2n) is 1.85. The summed E-state index contributed by atoms with van der Waals surface area (Å²) in [5.41, 5.74) is 0. The van der Waals surface area contributed by atoms with Crippen LogP contribution in [0.1, 0.15) is 13.8 Å². The zero-order valence-electron chi connectivity index (χ0n) is 4.68. The monoisotopic (exact) mass is 134 g/mol. The fourth-order valence-electron chi connectivity index (χ4n) is 0.677. The van der Waals surface area contributed by atoms with Gasteiger partial charge in [-0.25, -0.2) is 0 Å². The molecule has 0 nitrogen and oxygen atoms in total. The molecule has 1 fully saturated rings. The summed E-state index contributed by atoms with van der Waals surface area (Å²) < 4.78 is 0.856. The van der Waals surface area contributed by atoms with E-state index in [4.69, 9.17) is 0 Å². The first kappa shape index (κ1) is 5.83. The van der Waals surface area contributed by atoms with Crippen LogP contribution in [0.25, 0.3) is 0 Å². The molecule has 0 spiro atoms. The lowest BCUT2D eigenvalue weighted by molar-refractivity contribution is 1.15. The first-order valence-corrected chi connectivity index (χ1v) is 4.55. The number of hydrogen-bond acceptors (Lipinski definition) is 2. The zero-order valence-corrected chi connectivity index (χ0v) is 6.31. The van der Waals surface area contributed by atoms with Crippen molar-refractivity contribution < 1.29 is 0 Å². The second-order valence-corrected chi connectivity index (χ2v) is 5.30. The summed E-state index contributed by atoms with van der Waals surface area (Å²) in [6, 6.07) is 0. The van der Waals surface area contributed by atoms with Crippen LogP contribution >= 0.6 is 23.5 Å². The Morgan fingerprint density at radius 3 is 2.29 bits per heavy atom. The summed E-state index contributed by atoms with van der Waals surface area (Å²) in [7, 11) is 0. The summed E-state index contributed by atoms with van der Waals surface area (Å²) >= 11 is 4.15. The molecule has 0 bridgehead atoms. The van der Waals surface area contributed by atoms with Gasteiger partial charge in [0.1, 0.15) is 0 Å². The molecule has 0 N–H and O–H groups in total. The van der Waals surface area contributed by atoms with Crippen molar-refractivity contribution in [1.29, 1.82) is 0 Å². The molecule has 1 rings (SSSR count). The van der Waals surface area contributed by atoms with Crippen molar-refractivity contribution in [2.75, 3.05) is 5.75 Å². The smallest absolute Gasteiger partial charge is 0.0477 e. The highest BCUT2D eigenvalue weighted by atomic mass is 32.2. The molecule has 0 radical (unpaired) electrons. The van der Waals surface area contributed by atoms with Gasteiger partial charge in [0.15, 0.2) is 0 Å². The van der Waals surface area contributed by atoms with Gasteiger partial charge in [-0.15, -0.1) is 23.5 Å². The first-order chi connectivity index (χ1) is 3.29. The molecule has 7 heavy (non-hydrogen) atoms. The van der Waals surface area contributed by atoms with Crippen molar-refractivity contribution in [2.24, 2.45) is 0 Å². The Kier molecular flexibility index (Phi) is 1.93. The van der Waals surface area contributed by atoms with Gasteiger partial charge in [-0.1, -0.05) is 6.92 Å². The van der Waals surface area contributed by atoms with Gasteiger partial charge in [0.05, 0.1) is 0 Å². The lowest BCUT2D eigenvalue weighted by Crippen LogP contribution is -1.89. The van der Waals surface area contributed by atoms with Crippen molar-refractivity contribution in [1.82, 2.24) is 0 Å². The van der Waals surface area contributed by atoms with E-state index in [1.54, 1.807) is 0 Å². The molecule has 0 saturated carbocycles. The molecule has 1 aliphatic rings. The van der Waals surface area contributed by atoms with Gasteiger partial charge in [-0.05, 0) is 6.92 Å². The van der Waals surface area contributed by atoms with Gasteiger partial charge >= 0.3 is 0 Å². The maximum absolute atomic E-state index is 2.29. The topological polar surface area (TPSA) is 0 Å².